The van der Waals surface area contributed by atoms with Gasteiger partial charge in [0.05, 0.1) is 0 Å². The summed E-state index contributed by atoms with van der Waals surface area (Å²) in [4.78, 5) is 23.2. The molecule has 0 aromatic heterocycles. The van der Waals surface area contributed by atoms with Gasteiger partial charge in [0.2, 0.25) is 5.91 Å². The number of rotatable bonds is 6. The number of carbonyl (C=O) groups excluding carboxylic acids is 1. The topological polar surface area (TPSA) is 57.6 Å². The van der Waals surface area contributed by atoms with E-state index in [9.17, 15) is 18.4 Å². The minimum absolute atomic E-state index is 0.0258. The Labute approximate surface area is 109 Å². The molecule has 0 fully saturated rings. The first-order valence-electron chi connectivity index (χ1n) is 5.80. The Morgan fingerprint density at radius 1 is 1.26 bits per heavy atom. The fraction of sp³-hybridized carbons (Fsp3) is 0.385. The van der Waals surface area contributed by atoms with Crippen LogP contribution in [-0.2, 0) is 16.1 Å². The first-order valence-corrected chi connectivity index (χ1v) is 5.80. The Morgan fingerprint density at radius 2 is 1.95 bits per heavy atom. The molecule has 19 heavy (non-hydrogen) atoms. The van der Waals surface area contributed by atoms with Crippen LogP contribution >= 0.6 is 0 Å². The van der Waals surface area contributed by atoms with Crippen molar-refractivity contribution in [2.24, 2.45) is 0 Å². The van der Waals surface area contributed by atoms with E-state index in [0.717, 1.165) is 12.1 Å². The van der Waals surface area contributed by atoms with E-state index in [1.54, 1.807) is 0 Å². The van der Waals surface area contributed by atoms with Gasteiger partial charge in [-0.05, 0) is 12.5 Å². The standard InChI is InChI=1S/C13H15F2NO3/c1-16(12(17)3-2-4-13(18)19)8-9-5-6-10(14)7-11(9)15/h5-7H,2-4,8H2,1H3,(H,18,19). The van der Waals surface area contributed by atoms with Crippen LogP contribution in [0.15, 0.2) is 18.2 Å². The van der Waals surface area contributed by atoms with E-state index in [2.05, 4.69) is 0 Å². The second kappa shape index (κ2) is 6.82. The first kappa shape index (κ1) is 15.1. The van der Waals surface area contributed by atoms with Crippen LogP contribution in [0.1, 0.15) is 24.8 Å². The zero-order valence-electron chi connectivity index (χ0n) is 10.5. The minimum Gasteiger partial charge on any atom is -0.481 e. The monoisotopic (exact) mass is 271 g/mol. The largest absolute Gasteiger partial charge is 0.481 e. The van der Waals surface area contributed by atoms with Gasteiger partial charge < -0.3 is 10.0 Å². The summed E-state index contributed by atoms with van der Waals surface area (Å²) in [7, 11) is 1.49. The fourth-order valence-electron chi connectivity index (χ4n) is 1.58. The van der Waals surface area contributed by atoms with Gasteiger partial charge in [-0.15, -0.1) is 0 Å². The second-order valence-corrected chi connectivity index (χ2v) is 4.23. The van der Waals surface area contributed by atoms with E-state index in [-0.39, 0.29) is 37.3 Å². The normalized spacial score (nSPS) is 10.3. The first-order chi connectivity index (χ1) is 8.90. The third-order valence-electron chi connectivity index (χ3n) is 2.63. The Kier molecular flexibility index (Phi) is 5.41. The molecule has 0 aliphatic heterocycles. The van der Waals surface area contributed by atoms with Crippen molar-refractivity contribution < 1.29 is 23.5 Å². The highest BCUT2D eigenvalue weighted by Crippen LogP contribution is 2.12. The van der Waals surface area contributed by atoms with Crippen molar-refractivity contribution >= 4 is 11.9 Å². The maximum Gasteiger partial charge on any atom is 0.303 e. The molecular weight excluding hydrogens is 256 g/mol. The molecule has 0 saturated carbocycles. The van der Waals surface area contributed by atoms with Crippen molar-refractivity contribution in [2.75, 3.05) is 7.05 Å². The summed E-state index contributed by atoms with van der Waals surface area (Å²) in [6.45, 7) is 0.0258. The number of hydrogen-bond acceptors (Lipinski definition) is 2. The molecule has 0 heterocycles. The van der Waals surface area contributed by atoms with E-state index in [0.29, 0.717) is 0 Å². The third kappa shape index (κ3) is 5.03. The SMILES string of the molecule is CN(Cc1ccc(F)cc1F)C(=O)CCCC(=O)O. The average Bonchev–Trinajstić information content (AvgIpc) is 2.32. The van der Waals surface area contributed by atoms with Gasteiger partial charge in [0.1, 0.15) is 11.6 Å². The maximum atomic E-state index is 13.4. The zero-order valence-corrected chi connectivity index (χ0v) is 10.5. The van der Waals surface area contributed by atoms with E-state index in [1.807, 2.05) is 0 Å². The number of nitrogens with zero attached hydrogens (tertiary/aromatic N) is 1. The molecule has 1 aromatic rings. The number of aliphatic carboxylic acids is 1. The summed E-state index contributed by atoms with van der Waals surface area (Å²) in [6.07, 6.45) is 0.251. The Bertz CT molecular complexity index is 477. The predicted octanol–water partition coefficient (Wildman–Crippen LogP) is 2.18. The highest BCUT2D eigenvalue weighted by Gasteiger charge is 2.12. The lowest BCUT2D eigenvalue weighted by atomic mass is 10.1. The van der Waals surface area contributed by atoms with Crippen molar-refractivity contribution in [2.45, 2.75) is 25.8 Å². The molecule has 6 heteroatoms. The molecule has 0 aliphatic rings. The van der Waals surface area contributed by atoms with Gasteiger partial charge in [-0.3, -0.25) is 9.59 Å². The summed E-state index contributed by atoms with van der Waals surface area (Å²) >= 11 is 0. The highest BCUT2D eigenvalue weighted by molar-refractivity contribution is 5.76. The van der Waals surface area contributed by atoms with Crippen molar-refractivity contribution in [3.8, 4) is 0 Å². The number of halogens is 2. The van der Waals surface area contributed by atoms with Crippen molar-refractivity contribution in [1.82, 2.24) is 4.90 Å². The number of carboxylic acid groups (broad SMARTS) is 1. The van der Waals surface area contributed by atoms with Gasteiger partial charge in [-0.1, -0.05) is 6.07 Å². The molecule has 0 radical (unpaired) electrons. The van der Waals surface area contributed by atoms with E-state index in [1.165, 1.54) is 18.0 Å². The van der Waals surface area contributed by atoms with Gasteiger partial charge >= 0.3 is 5.97 Å². The lowest BCUT2D eigenvalue weighted by molar-refractivity contribution is -0.137. The lowest BCUT2D eigenvalue weighted by Crippen LogP contribution is -2.26. The van der Waals surface area contributed by atoms with Gasteiger partial charge in [-0.25, -0.2) is 8.78 Å². The smallest absolute Gasteiger partial charge is 0.303 e. The minimum atomic E-state index is -0.958. The lowest BCUT2D eigenvalue weighted by Gasteiger charge is -2.17. The molecule has 1 N–H and O–H groups in total. The molecular formula is C13H15F2NO3. The van der Waals surface area contributed by atoms with Crippen molar-refractivity contribution in [3.63, 3.8) is 0 Å². The quantitative estimate of drug-likeness (QED) is 0.862. The maximum absolute atomic E-state index is 13.4. The van der Waals surface area contributed by atoms with E-state index < -0.39 is 17.6 Å². The van der Waals surface area contributed by atoms with Crippen LogP contribution in [0.3, 0.4) is 0 Å². The van der Waals surface area contributed by atoms with Gasteiger partial charge in [-0.2, -0.15) is 0 Å². The average molecular weight is 271 g/mol. The van der Waals surface area contributed by atoms with Gasteiger partial charge in [0, 0.05) is 38.1 Å². The van der Waals surface area contributed by atoms with E-state index >= 15 is 0 Å². The molecule has 0 aliphatic carbocycles. The van der Waals surface area contributed by atoms with Crippen molar-refractivity contribution in [3.05, 3.63) is 35.4 Å². The molecule has 0 bridgehead atoms. The summed E-state index contributed by atoms with van der Waals surface area (Å²) in [6, 6.07) is 3.17. The van der Waals surface area contributed by atoms with Crippen LogP contribution < -0.4 is 0 Å². The van der Waals surface area contributed by atoms with Crippen molar-refractivity contribution in [1.29, 1.82) is 0 Å². The van der Waals surface area contributed by atoms with E-state index in [4.69, 9.17) is 5.11 Å². The van der Waals surface area contributed by atoms with Gasteiger partial charge in [0.15, 0.2) is 0 Å². The van der Waals surface area contributed by atoms with Crippen LogP contribution in [0, 0.1) is 11.6 Å². The molecule has 0 spiro atoms. The summed E-state index contributed by atoms with van der Waals surface area (Å²) in [5.41, 5.74) is 0.218. The zero-order chi connectivity index (χ0) is 14.4. The van der Waals surface area contributed by atoms with Gasteiger partial charge in [0.25, 0.3) is 0 Å². The summed E-state index contributed by atoms with van der Waals surface area (Å²) < 4.78 is 26.1. The molecule has 0 atom stereocenters. The number of amides is 1. The van der Waals surface area contributed by atoms with Crippen LogP contribution in [0.25, 0.3) is 0 Å². The van der Waals surface area contributed by atoms with Crippen LogP contribution in [0.4, 0.5) is 8.78 Å². The Balaban J connectivity index is 2.51. The van der Waals surface area contributed by atoms with Crippen LogP contribution in [-0.4, -0.2) is 28.9 Å². The molecule has 1 aromatic carbocycles. The third-order valence-corrected chi connectivity index (χ3v) is 2.63. The molecule has 0 saturated heterocycles. The Hall–Kier alpha value is -1.98. The summed E-state index contributed by atoms with van der Waals surface area (Å²) in [5.74, 6) is -2.60. The molecule has 4 nitrogen and oxygen atoms in total. The predicted molar refractivity (Wildman–Crippen MR) is 64.3 cm³/mol. The summed E-state index contributed by atoms with van der Waals surface area (Å²) in [5, 5.41) is 8.45. The number of carboxylic acids is 1. The molecule has 1 rings (SSSR count). The molecule has 0 unspecified atom stereocenters. The number of carbonyl (C=O) groups is 2. The number of hydrogen-bond donors (Lipinski definition) is 1. The van der Waals surface area contributed by atoms with Crippen LogP contribution in [0.2, 0.25) is 0 Å². The Morgan fingerprint density at radius 3 is 2.53 bits per heavy atom. The molecule has 104 valence electrons. The highest BCUT2D eigenvalue weighted by atomic mass is 19.1. The number of benzene rings is 1. The van der Waals surface area contributed by atoms with Crippen LogP contribution in [0.5, 0.6) is 0 Å². The molecule has 1 amide bonds. The fourth-order valence-corrected chi connectivity index (χ4v) is 1.58. The second-order valence-electron chi connectivity index (χ2n) is 4.23.